The number of carbonyl (C=O) groups excluding carboxylic acids is 1. The Labute approximate surface area is 126 Å². The van der Waals surface area contributed by atoms with Gasteiger partial charge < -0.3 is 15.8 Å². The molecule has 3 N–H and O–H groups in total. The van der Waals surface area contributed by atoms with E-state index in [0.29, 0.717) is 5.69 Å². The van der Waals surface area contributed by atoms with Crippen molar-refractivity contribution in [3.05, 3.63) is 23.8 Å². The van der Waals surface area contributed by atoms with Crippen LogP contribution in [0.5, 0.6) is 5.75 Å². The van der Waals surface area contributed by atoms with Gasteiger partial charge in [0.1, 0.15) is 11.4 Å². The number of anilines is 1. The van der Waals surface area contributed by atoms with Gasteiger partial charge in [-0.2, -0.15) is 0 Å². The van der Waals surface area contributed by atoms with Crippen molar-refractivity contribution in [1.82, 2.24) is 5.32 Å². The second-order valence-electron chi connectivity index (χ2n) is 6.91. The van der Waals surface area contributed by atoms with Gasteiger partial charge in [0, 0.05) is 23.6 Å². The van der Waals surface area contributed by atoms with E-state index in [2.05, 4.69) is 19.2 Å². The number of hydrogen-bond donors (Lipinski definition) is 2. The predicted octanol–water partition coefficient (Wildman–Crippen LogP) is 3.18. The molecular weight excluding hydrogens is 264 g/mol. The molecule has 1 atom stereocenters. The Morgan fingerprint density at radius 1 is 1.33 bits per heavy atom. The molecule has 21 heavy (non-hydrogen) atoms. The normalized spacial score (nSPS) is 24.2. The SMILES string of the molecule is CC1(C)CC(NC(=O)C2CCCC2)c2cc(N)ccc2O1. The van der Waals surface area contributed by atoms with Crippen LogP contribution < -0.4 is 15.8 Å². The van der Waals surface area contributed by atoms with Gasteiger partial charge in [-0.1, -0.05) is 12.8 Å². The molecule has 1 aliphatic carbocycles. The maximum atomic E-state index is 12.4. The molecule has 0 bridgehead atoms. The molecule has 0 aromatic heterocycles. The third-order valence-electron chi connectivity index (χ3n) is 4.53. The number of nitrogens with one attached hydrogen (secondary N) is 1. The van der Waals surface area contributed by atoms with Crippen LogP contribution in [0.4, 0.5) is 5.69 Å². The molecule has 1 amide bonds. The molecule has 4 nitrogen and oxygen atoms in total. The lowest BCUT2D eigenvalue weighted by atomic mass is 9.89. The summed E-state index contributed by atoms with van der Waals surface area (Å²) in [6, 6.07) is 5.65. The van der Waals surface area contributed by atoms with Crippen molar-refractivity contribution in [2.24, 2.45) is 5.92 Å². The Bertz CT molecular complexity index is 548. The summed E-state index contributed by atoms with van der Waals surface area (Å²) in [6.45, 7) is 4.11. The number of ether oxygens (including phenoxy) is 1. The summed E-state index contributed by atoms with van der Waals surface area (Å²) in [5.74, 6) is 1.20. The second kappa shape index (κ2) is 5.24. The van der Waals surface area contributed by atoms with Crippen molar-refractivity contribution < 1.29 is 9.53 Å². The first kappa shape index (κ1) is 14.2. The molecule has 1 aliphatic heterocycles. The molecule has 1 heterocycles. The summed E-state index contributed by atoms with van der Waals surface area (Å²) in [7, 11) is 0. The van der Waals surface area contributed by atoms with Gasteiger partial charge in [-0.15, -0.1) is 0 Å². The minimum Gasteiger partial charge on any atom is -0.487 e. The molecule has 4 heteroatoms. The first-order chi connectivity index (χ1) is 9.94. The van der Waals surface area contributed by atoms with Crippen LogP contribution >= 0.6 is 0 Å². The summed E-state index contributed by atoms with van der Waals surface area (Å²) in [4.78, 5) is 12.4. The smallest absolute Gasteiger partial charge is 0.223 e. The largest absolute Gasteiger partial charge is 0.487 e. The average Bonchev–Trinajstić information content (AvgIpc) is 2.93. The summed E-state index contributed by atoms with van der Waals surface area (Å²) in [5, 5.41) is 3.23. The fourth-order valence-corrected chi connectivity index (χ4v) is 3.48. The Morgan fingerprint density at radius 2 is 2.05 bits per heavy atom. The van der Waals surface area contributed by atoms with Gasteiger partial charge in [0.25, 0.3) is 0 Å². The highest BCUT2D eigenvalue weighted by molar-refractivity contribution is 5.79. The number of hydrogen-bond acceptors (Lipinski definition) is 3. The van der Waals surface area contributed by atoms with E-state index in [-0.39, 0.29) is 23.5 Å². The zero-order valence-electron chi connectivity index (χ0n) is 12.8. The molecule has 1 saturated carbocycles. The number of rotatable bonds is 2. The van der Waals surface area contributed by atoms with E-state index in [1.165, 1.54) is 12.8 Å². The van der Waals surface area contributed by atoms with Gasteiger partial charge in [-0.3, -0.25) is 4.79 Å². The van der Waals surface area contributed by atoms with Crippen LogP contribution in [0.1, 0.15) is 57.6 Å². The summed E-state index contributed by atoms with van der Waals surface area (Å²) < 4.78 is 6.00. The Kier molecular flexibility index (Phi) is 3.56. The molecule has 0 spiro atoms. The van der Waals surface area contributed by atoms with Crippen LogP contribution in [0.2, 0.25) is 0 Å². The summed E-state index contributed by atoms with van der Waals surface area (Å²) in [5.41, 5.74) is 7.32. The van der Waals surface area contributed by atoms with Crippen LogP contribution in [0.3, 0.4) is 0 Å². The molecular formula is C17H24N2O2. The first-order valence-corrected chi connectivity index (χ1v) is 7.83. The van der Waals surface area contributed by atoms with Crippen LogP contribution in [-0.4, -0.2) is 11.5 Å². The van der Waals surface area contributed by atoms with Crippen molar-refractivity contribution in [3.63, 3.8) is 0 Å². The Balaban J connectivity index is 1.83. The molecule has 1 fully saturated rings. The van der Waals surface area contributed by atoms with E-state index >= 15 is 0 Å². The van der Waals surface area contributed by atoms with Gasteiger partial charge in [-0.25, -0.2) is 0 Å². The Morgan fingerprint density at radius 3 is 2.76 bits per heavy atom. The topological polar surface area (TPSA) is 64.4 Å². The van der Waals surface area contributed by atoms with E-state index in [0.717, 1.165) is 30.6 Å². The Hall–Kier alpha value is -1.71. The van der Waals surface area contributed by atoms with Crippen LogP contribution in [0.25, 0.3) is 0 Å². The minimum atomic E-state index is -0.281. The highest BCUT2D eigenvalue weighted by Gasteiger charge is 2.35. The maximum Gasteiger partial charge on any atom is 0.223 e. The highest BCUT2D eigenvalue weighted by atomic mass is 16.5. The number of fused-ring (bicyclic) bond motifs is 1. The van der Waals surface area contributed by atoms with Crippen molar-refractivity contribution in [3.8, 4) is 5.75 Å². The second-order valence-corrected chi connectivity index (χ2v) is 6.91. The fraction of sp³-hybridized carbons (Fsp3) is 0.588. The standard InChI is InChI=1S/C17H24N2O2/c1-17(2)10-14(19-16(20)11-5-3-4-6-11)13-9-12(18)7-8-15(13)21-17/h7-9,11,14H,3-6,10,18H2,1-2H3,(H,19,20). The van der Waals surface area contributed by atoms with Crippen LogP contribution in [0, 0.1) is 5.92 Å². The molecule has 0 radical (unpaired) electrons. The maximum absolute atomic E-state index is 12.4. The lowest BCUT2D eigenvalue weighted by Crippen LogP contribution is -2.42. The van der Waals surface area contributed by atoms with Gasteiger partial charge in [0.05, 0.1) is 6.04 Å². The highest BCUT2D eigenvalue weighted by Crippen LogP contribution is 2.40. The van der Waals surface area contributed by atoms with Crippen molar-refractivity contribution in [2.75, 3.05) is 5.73 Å². The quantitative estimate of drug-likeness (QED) is 0.821. The van der Waals surface area contributed by atoms with Crippen molar-refractivity contribution >= 4 is 11.6 Å². The molecule has 1 unspecified atom stereocenters. The third-order valence-corrected chi connectivity index (χ3v) is 4.53. The average molecular weight is 288 g/mol. The zero-order valence-corrected chi connectivity index (χ0v) is 12.8. The lowest BCUT2D eigenvalue weighted by molar-refractivity contribution is -0.126. The predicted molar refractivity (Wildman–Crippen MR) is 83.0 cm³/mol. The number of amides is 1. The lowest BCUT2D eigenvalue weighted by Gasteiger charge is -2.38. The van der Waals surface area contributed by atoms with Gasteiger partial charge in [0.15, 0.2) is 0 Å². The van der Waals surface area contributed by atoms with Gasteiger partial charge >= 0.3 is 0 Å². The summed E-state index contributed by atoms with van der Waals surface area (Å²) >= 11 is 0. The van der Waals surface area contributed by atoms with E-state index in [4.69, 9.17) is 10.5 Å². The number of benzene rings is 1. The van der Waals surface area contributed by atoms with Crippen molar-refractivity contribution in [2.45, 2.75) is 57.6 Å². The third kappa shape index (κ3) is 2.99. The molecule has 3 rings (SSSR count). The monoisotopic (exact) mass is 288 g/mol. The first-order valence-electron chi connectivity index (χ1n) is 7.83. The molecule has 1 aromatic rings. The van der Waals surface area contributed by atoms with E-state index in [1.807, 2.05) is 18.2 Å². The minimum absolute atomic E-state index is 0.0136. The zero-order chi connectivity index (χ0) is 15.0. The van der Waals surface area contributed by atoms with Gasteiger partial charge in [0.2, 0.25) is 5.91 Å². The summed E-state index contributed by atoms with van der Waals surface area (Å²) in [6.07, 6.45) is 5.13. The van der Waals surface area contributed by atoms with Crippen LogP contribution in [0.15, 0.2) is 18.2 Å². The number of nitrogen functional groups attached to an aromatic ring is 1. The molecule has 1 aromatic carbocycles. The van der Waals surface area contributed by atoms with E-state index in [9.17, 15) is 4.79 Å². The van der Waals surface area contributed by atoms with E-state index < -0.39 is 0 Å². The number of nitrogens with two attached hydrogens (primary N) is 1. The van der Waals surface area contributed by atoms with Crippen molar-refractivity contribution in [1.29, 1.82) is 0 Å². The van der Waals surface area contributed by atoms with Crippen LogP contribution in [-0.2, 0) is 4.79 Å². The number of carbonyl (C=O) groups is 1. The van der Waals surface area contributed by atoms with E-state index in [1.54, 1.807) is 0 Å². The molecule has 0 saturated heterocycles. The molecule has 114 valence electrons. The van der Waals surface area contributed by atoms with Gasteiger partial charge in [-0.05, 0) is 44.9 Å². The molecule has 2 aliphatic rings. The fourth-order valence-electron chi connectivity index (χ4n) is 3.48.